The summed E-state index contributed by atoms with van der Waals surface area (Å²) >= 11 is 0. The molecule has 0 amide bonds. The van der Waals surface area contributed by atoms with Crippen molar-refractivity contribution in [2.45, 2.75) is 88.2 Å². The zero-order valence-electron chi connectivity index (χ0n) is 26.7. The second-order valence-corrected chi connectivity index (χ2v) is 11.1. The summed E-state index contributed by atoms with van der Waals surface area (Å²) in [5.74, 6) is 0.649. The van der Waals surface area contributed by atoms with E-state index in [1.807, 2.05) is 18.2 Å². The first-order chi connectivity index (χ1) is 18.9. The molecule has 214 valence electrons. The van der Waals surface area contributed by atoms with Gasteiger partial charge in [-0.1, -0.05) is 135 Å². The molecule has 40 heavy (non-hydrogen) atoms. The van der Waals surface area contributed by atoms with Crippen molar-refractivity contribution in [2.75, 3.05) is 0 Å². The lowest BCUT2D eigenvalue weighted by Crippen LogP contribution is -1.91. The van der Waals surface area contributed by atoms with E-state index in [-0.39, 0.29) is 6.61 Å². The second kappa shape index (κ2) is 18.0. The highest BCUT2D eigenvalue weighted by Gasteiger charge is 2.01. The van der Waals surface area contributed by atoms with Gasteiger partial charge >= 0.3 is 0 Å². The molecule has 1 heteroatoms. The lowest BCUT2D eigenvalue weighted by atomic mass is 9.97. The van der Waals surface area contributed by atoms with Gasteiger partial charge < -0.3 is 5.11 Å². The first kappa shape index (κ1) is 34.6. The summed E-state index contributed by atoms with van der Waals surface area (Å²) in [4.78, 5) is 0. The second-order valence-electron chi connectivity index (χ2n) is 11.1. The largest absolute Gasteiger partial charge is 0.392 e. The molecule has 0 aliphatic carbocycles. The summed E-state index contributed by atoms with van der Waals surface area (Å²) in [6.45, 7) is 25.4. The van der Waals surface area contributed by atoms with Crippen LogP contribution in [-0.2, 0) is 6.61 Å². The SMILES string of the molecule is C=C(CC)c1ccc(C)cc1.Cc1ccc(C(C)C)c(C)c1.Cc1ccc(C)cc1.Cc1ccc(CO)cc1C. The average Bonchev–Trinajstić information content (AvgIpc) is 2.92. The van der Waals surface area contributed by atoms with Crippen molar-refractivity contribution >= 4 is 5.57 Å². The van der Waals surface area contributed by atoms with Crippen LogP contribution in [0.3, 0.4) is 0 Å². The van der Waals surface area contributed by atoms with E-state index in [1.54, 1.807) is 0 Å². The Morgan fingerprint density at radius 3 is 1.48 bits per heavy atom. The van der Waals surface area contributed by atoms with Crippen LogP contribution in [0.5, 0.6) is 0 Å². The van der Waals surface area contributed by atoms with Gasteiger partial charge in [-0.2, -0.15) is 0 Å². The van der Waals surface area contributed by atoms with Crippen LogP contribution in [0, 0.1) is 48.5 Å². The average molecular weight is 537 g/mol. The van der Waals surface area contributed by atoms with E-state index in [4.69, 9.17) is 5.11 Å². The Labute approximate surface area is 245 Å². The maximum absolute atomic E-state index is 8.75. The van der Waals surface area contributed by atoms with Gasteiger partial charge in [0, 0.05) is 0 Å². The van der Waals surface area contributed by atoms with E-state index in [0.29, 0.717) is 5.92 Å². The van der Waals surface area contributed by atoms with Gasteiger partial charge in [0.15, 0.2) is 0 Å². The summed E-state index contributed by atoms with van der Waals surface area (Å²) in [6, 6.07) is 29.6. The fourth-order valence-electron chi connectivity index (χ4n) is 4.01. The third kappa shape index (κ3) is 13.1. The molecule has 4 aromatic rings. The number of hydrogen-bond acceptors (Lipinski definition) is 1. The number of hydrogen-bond donors (Lipinski definition) is 1. The summed E-state index contributed by atoms with van der Waals surface area (Å²) in [5, 5.41) is 8.75. The van der Waals surface area contributed by atoms with E-state index >= 15 is 0 Å². The molecule has 0 unspecified atom stereocenters. The number of aliphatic hydroxyl groups excluding tert-OH is 1. The molecule has 4 rings (SSSR count). The summed E-state index contributed by atoms with van der Waals surface area (Å²) < 4.78 is 0. The van der Waals surface area contributed by atoms with Gasteiger partial charge in [-0.15, -0.1) is 0 Å². The van der Waals surface area contributed by atoms with E-state index in [9.17, 15) is 0 Å². The predicted molar refractivity (Wildman–Crippen MR) is 178 cm³/mol. The van der Waals surface area contributed by atoms with Crippen molar-refractivity contribution in [2.24, 2.45) is 0 Å². The van der Waals surface area contributed by atoms with Crippen molar-refractivity contribution in [1.82, 2.24) is 0 Å². The van der Waals surface area contributed by atoms with Crippen molar-refractivity contribution in [3.05, 3.63) is 147 Å². The minimum Gasteiger partial charge on any atom is -0.392 e. The number of rotatable bonds is 4. The smallest absolute Gasteiger partial charge is 0.0681 e. The highest BCUT2D eigenvalue weighted by atomic mass is 16.3. The standard InChI is InChI=1S/C11H16.C11H14.C9H12O.C8H10/c1-8(2)11-6-5-9(3)7-10(11)4;1-4-10(3)11-7-5-9(2)6-8-11;1-7-3-4-9(6-10)5-8(7)2;1-7-3-5-8(2)6-4-7/h5-8H,1-4H3;5-8H,3-4H2,1-2H3;3-5,10H,6H2,1-2H3;3-6H,1-2H3. The Kier molecular flexibility index (Phi) is 15.6. The molecule has 0 saturated carbocycles. The van der Waals surface area contributed by atoms with Crippen LogP contribution in [0.1, 0.15) is 88.7 Å². The highest BCUT2D eigenvalue weighted by molar-refractivity contribution is 5.63. The summed E-state index contributed by atoms with van der Waals surface area (Å²) in [6.07, 6.45) is 1.03. The molecule has 0 radical (unpaired) electrons. The van der Waals surface area contributed by atoms with Gasteiger partial charge in [-0.05, 0) is 99.8 Å². The Balaban J connectivity index is 0.000000268. The topological polar surface area (TPSA) is 20.2 Å². The Hall–Kier alpha value is -3.42. The molecule has 1 nitrogen and oxygen atoms in total. The first-order valence-electron chi connectivity index (χ1n) is 14.4. The van der Waals surface area contributed by atoms with Crippen LogP contribution in [0.15, 0.2) is 91.5 Å². The quantitative estimate of drug-likeness (QED) is 0.275. The van der Waals surface area contributed by atoms with Gasteiger partial charge in [0.2, 0.25) is 0 Å². The molecular formula is C39H52O. The normalized spacial score (nSPS) is 9.90. The molecule has 4 aromatic carbocycles. The molecule has 0 fully saturated rings. The van der Waals surface area contributed by atoms with Crippen molar-refractivity contribution in [3.8, 4) is 0 Å². The van der Waals surface area contributed by atoms with Crippen LogP contribution in [-0.4, -0.2) is 5.11 Å². The maximum Gasteiger partial charge on any atom is 0.0681 e. The molecular weight excluding hydrogens is 484 g/mol. The van der Waals surface area contributed by atoms with Crippen molar-refractivity contribution in [1.29, 1.82) is 0 Å². The Bertz CT molecular complexity index is 1270. The lowest BCUT2D eigenvalue weighted by Gasteiger charge is -2.09. The van der Waals surface area contributed by atoms with Crippen molar-refractivity contribution < 1.29 is 5.11 Å². The van der Waals surface area contributed by atoms with Gasteiger partial charge in [0.1, 0.15) is 0 Å². The van der Waals surface area contributed by atoms with E-state index in [1.165, 1.54) is 55.6 Å². The Morgan fingerprint density at radius 1 is 0.600 bits per heavy atom. The van der Waals surface area contributed by atoms with Gasteiger partial charge in [-0.3, -0.25) is 0 Å². The number of allylic oxidation sites excluding steroid dienone is 1. The number of benzene rings is 4. The highest BCUT2D eigenvalue weighted by Crippen LogP contribution is 2.19. The zero-order chi connectivity index (χ0) is 30.2. The van der Waals surface area contributed by atoms with Gasteiger partial charge in [0.05, 0.1) is 6.61 Å². The Morgan fingerprint density at radius 2 is 1.07 bits per heavy atom. The van der Waals surface area contributed by atoms with Gasteiger partial charge in [0.25, 0.3) is 0 Å². The van der Waals surface area contributed by atoms with E-state index in [0.717, 1.165) is 12.0 Å². The number of aliphatic hydroxyl groups is 1. The van der Waals surface area contributed by atoms with Crippen LogP contribution < -0.4 is 0 Å². The van der Waals surface area contributed by atoms with Crippen molar-refractivity contribution in [3.63, 3.8) is 0 Å². The van der Waals surface area contributed by atoms with Crippen LogP contribution in [0.25, 0.3) is 5.57 Å². The van der Waals surface area contributed by atoms with E-state index in [2.05, 4.69) is 143 Å². The molecule has 0 saturated heterocycles. The molecule has 1 N–H and O–H groups in total. The number of aryl methyl sites for hydroxylation is 7. The predicted octanol–water partition coefficient (Wildman–Crippen LogP) is 10.9. The molecule has 0 aromatic heterocycles. The van der Waals surface area contributed by atoms with Crippen LogP contribution in [0.4, 0.5) is 0 Å². The maximum atomic E-state index is 8.75. The fraction of sp³-hybridized carbons (Fsp3) is 0.333. The van der Waals surface area contributed by atoms with Gasteiger partial charge in [-0.25, -0.2) is 0 Å². The molecule has 0 spiro atoms. The molecule has 0 aliphatic heterocycles. The summed E-state index contributed by atoms with van der Waals surface area (Å²) in [5.41, 5.74) is 14.2. The molecule has 0 heterocycles. The summed E-state index contributed by atoms with van der Waals surface area (Å²) in [7, 11) is 0. The molecule has 0 atom stereocenters. The van der Waals surface area contributed by atoms with Crippen LogP contribution >= 0.6 is 0 Å². The third-order valence-electron chi connectivity index (χ3n) is 6.91. The zero-order valence-corrected chi connectivity index (χ0v) is 26.7. The van der Waals surface area contributed by atoms with Crippen LogP contribution in [0.2, 0.25) is 0 Å². The third-order valence-corrected chi connectivity index (χ3v) is 6.91. The lowest BCUT2D eigenvalue weighted by molar-refractivity contribution is 0.282. The fourth-order valence-corrected chi connectivity index (χ4v) is 4.01. The monoisotopic (exact) mass is 536 g/mol. The minimum absolute atomic E-state index is 0.140. The minimum atomic E-state index is 0.140. The molecule has 0 bridgehead atoms. The molecule has 0 aliphatic rings. The van der Waals surface area contributed by atoms with E-state index < -0.39 is 0 Å². The first-order valence-corrected chi connectivity index (χ1v) is 14.4.